The van der Waals surface area contributed by atoms with Crippen LogP contribution in [0.1, 0.15) is 18.6 Å². The van der Waals surface area contributed by atoms with Gasteiger partial charge in [-0.25, -0.2) is 4.98 Å². The van der Waals surface area contributed by atoms with E-state index in [0.29, 0.717) is 16.7 Å². The van der Waals surface area contributed by atoms with Gasteiger partial charge in [0.1, 0.15) is 5.75 Å². The van der Waals surface area contributed by atoms with E-state index in [9.17, 15) is 5.11 Å². The highest BCUT2D eigenvalue weighted by Gasteiger charge is 2.06. The van der Waals surface area contributed by atoms with Crippen molar-refractivity contribution in [1.29, 1.82) is 0 Å². The van der Waals surface area contributed by atoms with E-state index in [1.165, 1.54) is 0 Å². The van der Waals surface area contributed by atoms with E-state index in [1.54, 1.807) is 37.4 Å². The zero-order valence-electron chi connectivity index (χ0n) is 9.60. The quantitative estimate of drug-likeness (QED) is 0.911. The van der Waals surface area contributed by atoms with Gasteiger partial charge in [-0.05, 0) is 36.8 Å². The smallest absolute Gasteiger partial charge is 0.219 e. The lowest BCUT2D eigenvalue weighted by atomic mass is 10.2. The Morgan fingerprint density at radius 2 is 2.11 bits per heavy atom. The summed E-state index contributed by atoms with van der Waals surface area (Å²) in [5.41, 5.74) is 0.740. The maximum atomic E-state index is 9.37. The minimum Gasteiger partial charge on any atom is -0.437 e. The van der Waals surface area contributed by atoms with E-state index in [2.05, 4.69) is 20.9 Å². The van der Waals surface area contributed by atoms with Crippen LogP contribution < -0.4 is 4.74 Å². The molecule has 0 spiro atoms. The summed E-state index contributed by atoms with van der Waals surface area (Å²) >= 11 is 9.36. The molecule has 0 fully saturated rings. The third-order valence-corrected chi connectivity index (χ3v) is 3.14. The average Bonchev–Trinajstić information content (AvgIpc) is 2.33. The molecule has 1 aromatic carbocycles. The molecule has 3 nitrogen and oxygen atoms in total. The van der Waals surface area contributed by atoms with Crippen LogP contribution in [0.3, 0.4) is 0 Å². The van der Waals surface area contributed by atoms with Gasteiger partial charge in [-0.1, -0.05) is 27.5 Å². The number of aliphatic hydroxyl groups is 1. The number of aromatic nitrogens is 1. The summed E-state index contributed by atoms with van der Waals surface area (Å²) in [5.74, 6) is 0.973. The van der Waals surface area contributed by atoms with Crippen LogP contribution in [0.2, 0.25) is 5.02 Å². The number of nitrogens with zero attached hydrogens (tertiary/aromatic N) is 1. The second-order valence-corrected chi connectivity index (χ2v) is 5.11. The first-order valence-corrected chi connectivity index (χ1v) is 6.50. The van der Waals surface area contributed by atoms with Crippen LogP contribution in [-0.2, 0) is 0 Å². The number of pyridine rings is 1. The van der Waals surface area contributed by atoms with Gasteiger partial charge in [-0.3, -0.25) is 0 Å². The van der Waals surface area contributed by atoms with Crippen molar-refractivity contribution in [3.05, 3.63) is 51.6 Å². The summed E-state index contributed by atoms with van der Waals surface area (Å²) < 4.78 is 6.44. The van der Waals surface area contributed by atoms with E-state index in [1.807, 2.05) is 6.07 Å². The molecule has 94 valence electrons. The first-order valence-electron chi connectivity index (χ1n) is 5.33. The van der Waals surface area contributed by atoms with Crippen molar-refractivity contribution >= 4 is 27.5 Å². The number of halogens is 2. The lowest BCUT2D eigenvalue weighted by Crippen LogP contribution is -1.94. The van der Waals surface area contributed by atoms with Crippen molar-refractivity contribution < 1.29 is 9.84 Å². The van der Waals surface area contributed by atoms with Gasteiger partial charge in [0, 0.05) is 16.7 Å². The number of benzene rings is 1. The third kappa shape index (κ3) is 3.22. The molecule has 0 saturated carbocycles. The minimum absolute atomic E-state index is 0.434. The maximum absolute atomic E-state index is 9.37. The van der Waals surface area contributed by atoms with Gasteiger partial charge in [0.2, 0.25) is 5.88 Å². The number of hydrogen-bond acceptors (Lipinski definition) is 3. The number of hydrogen-bond donors (Lipinski definition) is 1. The monoisotopic (exact) mass is 327 g/mol. The van der Waals surface area contributed by atoms with E-state index in [4.69, 9.17) is 16.3 Å². The molecule has 0 bridgehead atoms. The maximum Gasteiger partial charge on any atom is 0.219 e. The molecular formula is C13H11BrClNO2. The van der Waals surface area contributed by atoms with Crippen LogP contribution in [0.15, 0.2) is 41.0 Å². The fourth-order valence-corrected chi connectivity index (χ4v) is 2.08. The number of aliphatic hydroxyl groups excluding tert-OH is 1. The van der Waals surface area contributed by atoms with E-state index >= 15 is 0 Å². The Labute approximate surface area is 119 Å². The lowest BCUT2D eigenvalue weighted by Gasteiger charge is -2.08. The minimum atomic E-state index is -0.539. The molecule has 1 N–H and O–H groups in total. The first kappa shape index (κ1) is 13.3. The standard InChI is InChI=1S/C13H11BrClNO2/c1-8(17)9-2-5-13(16-7-9)18-12-4-3-10(14)6-11(12)15/h2-8,17H,1H3/t8-/m1/s1. The molecule has 0 aliphatic rings. The Balaban J connectivity index is 2.18. The molecule has 2 rings (SSSR count). The van der Waals surface area contributed by atoms with Crippen molar-refractivity contribution in [2.24, 2.45) is 0 Å². The predicted molar refractivity (Wildman–Crippen MR) is 74.1 cm³/mol. The second-order valence-electron chi connectivity index (χ2n) is 3.78. The fraction of sp³-hybridized carbons (Fsp3) is 0.154. The highest BCUT2D eigenvalue weighted by atomic mass is 79.9. The first-order chi connectivity index (χ1) is 8.56. The Morgan fingerprint density at radius 1 is 1.33 bits per heavy atom. The normalized spacial score (nSPS) is 12.2. The summed E-state index contributed by atoms with van der Waals surface area (Å²) in [7, 11) is 0. The average molecular weight is 329 g/mol. The Hall–Kier alpha value is -1.10. The summed E-state index contributed by atoms with van der Waals surface area (Å²) in [4.78, 5) is 4.11. The van der Waals surface area contributed by atoms with Crippen molar-refractivity contribution in [3.63, 3.8) is 0 Å². The molecule has 1 atom stereocenters. The third-order valence-electron chi connectivity index (χ3n) is 2.35. The summed E-state index contributed by atoms with van der Waals surface area (Å²) in [6.07, 6.45) is 1.04. The molecule has 0 aliphatic carbocycles. The van der Waals surface area contributed by atoms with Gasteiger partial charge in [0.15, 0.2) is 0 Å². The van der Waals surface area contributed by atoms with E-state index in [0.717, 1.165) is 10.0 Å². The molecule has 18 heavy (non-hydrogen) atoms. The second kappa shape index (κ2) is 5.69. The number of ether oxygens (including phenoxy) is 1. The van der Waals surface area contributed by atoms with Crippen LogP contribution in [0.4, 0.5) is 0 Å². The molecule has 0 unspecified atom stereocenters. The molecule has 5 heteroatoms. The molecular weight excluding hydrogens is 318 g/mol. The fourth-order valence-electron chi connectivity index (χ4n) is 1.37. The number of rotatable bonds is 3. The zero-order valence-corrected chi connectivity index (χ0v) is 11.9. The molecule has 0 aliphatic heterocycles. The van der Waals surface area contributed by atoms with Gasteiger partial charge in [0.25, 0.3) is 0 Å². The van der Waals surface area contributed by atoms with Gasteiger partial charge >= 0.3 is 0 Å². The molecule has 0 radical (unpaired) electrons. The van der Waals surface area contributed by atoms with Gasteiger partial charge in [-0.15, -0.1) is 0 Å². The molecule has 0 saturated heterocycles. The lowest BCUT2D eigenvalue weighted by molar-refractivity contribution is 0.198. The molecule has 1 aromatic heterocycles. The van der Waals surface area contributed by atoms with Crippen molar-refractivity contribution in [3.8, 4) is 11.6 Å². The molecule has 0 amide bonds. The predicted octanol–water partition coefficient (Wildman–Crippen LogP) is 4.34. The Morgan fingerprint density at radius 3 is 2.67 bits per heavy atom. The van der Waals surface area contributed by atoms with Gasteiger partial charge < -0.3 is 9.84 Å². The SMILES string of the molecule is C[C@@H](O)c1ccc(Oc2ccc(Br)cc2Cl)nc1. The van der Waals surface area contributed by atoms with Crippen molar-refractivity contribution in [2.75, 3.05) is 0 Å². The Bertz CT molecular complexity index is 543. The summed E-state index contributed by atoms with van der Waals surface area (Å²) in [6, 6.07) is 8.81. The zero-order chi connectivity index (χ0) is 13.1. The highest BCUT2D eigenvalue weighted by Crippen LogP contribution is 2.31. The molecule has 2 aromatic rings. The van der Waals surface area contributed by atoms with Gasteiger partial charge in [0.05, 0.1) is 11.1 Å². The van der Waals surface area contributed by atoms with Gasteiger partial charge in [-0.2, -0.15) is 0 Å². The largest absolute Gasteiger partial charge is 0.437 e. The topological polar surface area (TPSA) is 42.4 Å². The van der Waals surface area contributed by atoms with Crippen LogP contribution in [0.25, 0.3) is 0 Å². The van der Waals surface area contributed by atoms with Crippen molar-refractivity contribution in [2.45, 2.75) is 13.0 Å². The van der Waals surface area contributed by atoms with Crippen molar-refractivity contribution in [1.82, 2.24) is 4.98 Å². The Kier molecular flexibility index (Phi) is 4.22. The van der Waals surface area contributed by atoms with E-state index in [-0.39, 0.29) is 0 Å². The van der Waals surface area contributed by atoms with Crippen LogP contribution in [0.5, 0.6) is 11.6 Å². The van der Waals surface area contributed by atoms with Crippen LogP contribution in [0, 0.1) is 0 Å². The van der Waals surface area contributed by atoms with Crippen LogP contribution in [-0.4, -0.2) is 10.1 Å². The summed E-state index contributed by atoms with van der Waals surface area (Å²) in [5, 5.41) is 9.88. The summed E-state index contributed by atoms with van der Waals surface area (Å²) in [6.45, 7) is 1.68. The molecule has 1 heterocycles. The van der Waals surface area contributed by atoms with E-state index < -0.39 is 6.10 Å². The van der Waals surface area contributed by atoms with Crippen LogP contribution >= 0.6 is 27.5 Å². The highest BCUT2D eigenvalue weighted by molar-refractivity contribution is 9.10.